The van der Waals surface area contributed by atoms with Crippen molar-refractivity contribution in [3.63, 3.8) is 0 Å². The molecule has 0 aliphatic heterocycles. The highest BCUT2D eigenvalue weighted by Gasteiger charge is 2.35. The van der Waals surface area contributed by atoms with E-state index in [4.69, 9.17) is 22.9 Å². The van der Waals surface area contributed by atoms with E-state index >= 15 is 0 Å². The summed E-state index contributed by atoms with van der Waals surface area (Å²) in [6.07, 6.45) is -1.91. The van der Waals surface area contributed by atoms with Gasteiger partial charge in [0.25, 0.3) is 0 Å². The predicted octanol–water partition coefficient (Wildman–Crippen LogP) is -3.69. The molecule has 0 saturated carbocycles. The van der Waals surface area contributed by atoms with Crippen LogP contribution in [0.1, 0.15) is 106 Å². The summed E-state index contributed by atoms with van der Waals surface area (Å²) in [7, 11) is 0. The minimum absolute atomic E-state index is 0.0321. The van der Waals surface area contributed by atoms with Crippen LogP contribution >= 0.6 is 0 Å². The molecule has 358 valence electrons. The highest BCUT2D eigenvalue weighted by molar-refractivity contribution is 5.99. The highest BCUT2D eigenvalue weighted by atomic mass is 16.4. The fraction of sp³-hybridized carbons (Fsp3) is 0.718. The standard InChI is InChI=1S/C39H69N11O13/c1-19(2)13-24(44-31(53)18-41)34(57)47-25(14-20(3)4)35(58)50-28(17-30(43)52)38(61)48-26(15-21(5)6)36(59)49-27(16-29(42)51)37(60)45-22(10-11-32(54)55)33(56)46-23(39(62)63)9-7-8-12-40/h19-28H,7-18,40-41H2,1-6H3,(H2,42,51)(H2,43,52)(H,44,53)(H,45,60)(H,46,56)(H,47,57)(H,48,61)(H,49,59)(H,50,58)(H,54,55)(H,62,63)/t22-,23-,24-,25-,26-,27-,28-/m0/s1. The van der Waals surface area contributed by atoms with E-state index < -0.39 is 140 Å². The monoisotopic (exact) mass is 900 g/mol. The molecular weight excluding hydrogens is 830 g/mol. The second-order valence-corrected chi connectivity index (χ2v) is 16.5. The van der Waals surface area contributed by atoms with E-state index in [-0.39, 0.29) is 50.0 Å². The third kappa shape index (κ3) is 24.4. The van der Waals surface area contributed by atoms with Crippen LogP contribution in [-0.4, -0.2) is 131 Å². The zero-order valence-corrected chi connectivity index (χ0v) is 37.0. The predicted molar refractivity (Wildman–Crippen MR) is 226 cm³/mol. The number of carboxylic acid groups (broad SMARTS) is 2. The summed E-state index contributed by atoms with van der Waals surface area (Å²) < 4.78 is 0. The molecule has 24 heteroatoms. The largest absolute Gasteiger partial charge is 0.481 e. The van der Waals surface area contributed by atoms with Crippen LogP contribution in [0.25, 0.3) is 0 Å². The first-order valence-electron chi connectivity index (χ1n) is 20.8. The molecule has 0 spiro atoms. The van der Waals surface area contributed by atoms with Gasteiger partial charge in [-0.3, -0.25) is 47.9 Å². The van der Waals surface area contributed by atoms with Crippen molar-refractivity contribution < 1.29 is 63.0 Å². The third-order valence-corrected chi connectivity index (χ3v) is 9.14. The maximum absolute atomic E-state index is 13.8. The van der Waals surface area contributed by atoms with Crippen molar-refractivity contribution in [2.45, 2.75) is 148 Å². The van der Waals surface area contributed by atoms with Crippen molar-refractivity contribution in [3.8, 4) is 0 Å². The number of nitrogens with two attached hydrogens (primary N) is 4. The van der Waals surface area contributed by atoms with Crippen LogP contribution in [-0.2, 0) is 52.7 Å². The molecule has 0 aromatic carbocycles. The molecule has 7 atom stereocenters. The second-order valence-electron chi connectivity index (χ2n) is 16.5. The molecule has 0 bridgehead atoms. The number of carboxylic acids is 2. The maximum Gasteiger partial charge on any atom is 0.326 e. The molecule has 0 fully saturated rings. The Morgan fingerprint density at radius 3 is 1.11 bits per heavy atom. The lowest BCUT2D eigenvalue weighted by Crippen LogP contribution is -2.61. The van der Waals surface area contributed by atoms with E-state index in [1.54, 1.807) is 27.7 Å². The lowest BCUT2D eigenvalue weighted by Gasteiger charge is -2.28. The SMILES string of the molecule is CC(C)C[C@H](NC(=O)CN)C(=O)N[C@@H](CC(C)C)C(=O)N[C@@H](CC(N)=O)C(=O)N[C@@H](CC(C)C)C(=O)N[C@@H](CC(N)=O)C(=O)N[C@@H](CCC(=O)O)C(=O)N[C@@H](CCCCN)C(=O)O. The molecule has 0 aliphatic carbocycles. The molecule has 63 heavy (non-hydrogen) atoms. The van der Waals surface area contributed by atoms with Gasteiger partial charge in [0, 0.05) is 6.42 Å². The molecule has 0 saturated heterocycles. The average molecular weight is 900 g/mol. The van der Waals surface area contributed by atoms with E-state index in [0.29, 0.717) is 12.8 Å². The smallest absolute Gasteiger partial charge is 0.326 e. The number of amides is 9. The van der Waals surface area contributed by atoms with Crippen molar-refractivity contribution in [3.05, 3.63) is 0 Å². The maximum atomic E-state index is 13.8. The van der Waals surface area contributed by atoms with Crippen molar-refractivity contribution >= 4 is 65.1 Å². The highest BCUT2D eigenvalue weighted by Crippen LogP contribution is 2.12. The summed E-state index contributed by atoms with van der Waals surface area (Å²) in [6, 6.07) is -10.4. The van der Waals surface area contributed by atoms with Gasteiger partial charge in [-0.1, -0.05) is 41.5 Å². The van der Waals surface area contributed by atoms with Gasteiger partial charge in [-0.05, 0) is 69.2 Å². The van der Waals surface area contributed by atoms with Gasteiger partial charge in [-0.2, -0.15) is 0 Å². The zero-order valence-electron chi connectivity index (χ0n) is 37.0. The molecule has 0 aromatic rings. The topological polar surface area (TPSA) is 417 Å². The Kier molecular flexibility index (Phi) is 26.6. The molecule has 0 heterocycles. The quantitative estimate of drug-likeness (QED) is 0.0289. The molecule has 17 N–H and O–H groups in total. The van der Waals surface area contributed by atoms with Crippen molar-refractivity contribution in [1.82, 2.24) is 37.2 Å². The number of hydrogen-bond acceptors (Lipinski definition) is 13. The van der Waals surface area contributed by atoms with Gasteiger partial charge < -0.3 is 70.4 Å². The number of rotatable bonds is 32. The first-order valence-corrected chi connectivity index (χ1v) is 20.8. The van der Waals surface area contributed by atoms with E-state index in [9.17, 15) is 63.0 Å². The average Bonchev–Trinajstić information content (AvgIpc) is 3.16. The second kappa shape index (κ2) is 29.4. The van der Waals surface area contributed by atoms with Gasteiger partial charge in [0.15, 0.2) is 0 Å². The van der Waals surface area contributed by atoms with Crippen molar-refractivity contribution in [2.75, 3.05) is 13.1 Å². The number of carbonyl (C=O) groups excluding carboxylic acids is 9. The van der Waals surface area contributed by atoms with E-state index in [1.807, 2.05) is 13.8 Å². The summed E-state index contributed by atoms with van der Waals surface area (Å²) in [5.41, 5.74) is 21.7. The lowest BCUT2D eigenvalue weighted by atomic mass is 9.99. The van der Waals surface area contributed by atoms with Gasteiger partial charge in [-0.15, -0.1) is 0 Å². The van der Waals surface area contributed by atoms with Gasteiger partial charge in [-0.25, -0.2) is 4.79 Å². The van der Waals surface area contributed by atoms with Crippen molar-refractivity contribution in [1.29, 1.82) is 0 Å². The zero-order chi connectivity index (χ0) is 48.6. The summed E-state index contributed by atoms with van der Waals surface area (Å²) in [4.78, 5) is 141. The summed E-state index contributed by atoms with van der Waals surface area (Å²) in [5, 5.41) is 35.6. The van der Waals surface area contributed by atoms with Crippen LogP contribution in [0.2, 0.25) is 0 Å². The first-order chi connectivity index (χ1) is 29.3. The minimum Gasteiger partial charge on any atom is -0.481 e. The minimum atomic E-state index is -1.81. The van der Waals surface area contributed by atoms with Gasteiger partial charge >= 0.3 is 11.9 Å². The molecule has 24 nitrogen and oxygen atoms in total. The Hall–Kier alpha value is -5.91. The number of primary amides is 2. The molecular formula is C39H69N11O13. The molecule has 0 aromatic heterocycles. The van der Waals surface area contributed by atoms with Crippen LogP contribution in [0.5, 0.6) is 0 Å². The Morgan fingerprint density at radius 1 is 0.444 bits per heavy atom. The third-order valence-electron chi connectivity index (χ3n) is 9.14. The number of aliphatic carboxylic acids is 2. The number of carbonyl (C=O) groups is 11. The van der Waals surface area contributed by atoms with Gasteiger partial charge in [0.1, 0.15) is 42.3 Å². The van der Waals surface area contributed by atoms with E-state index in [2.05, 4.69) is 37.2 Å². The fourth-order valence-corrected chi connectivity index (χ4v) is 6.10. The summed E-state index contributed by atoms with van der Waals surface area (Å²) in [5.74, 6) is -12.1. The van der Waals surface area contributed by atoms with E-state index in [1.165, 1.54) is 0 Å². The Labute approximate surface area is 366 Å². The molecule has 0 unspecified atom stereocenters. The Morgan fingerprint density at radius 2 is 0.778 bits per heavy atom. The molecule has 9 amide bonds. The normalized spacial score (nSPS) is 14.5. The van der Waals surface area contributed by atoms with Crippen LogP contribution < -0.4 is 60.2 Å². The molecule has 0 rings (SSSR count). The number of nitrogens with one attached hydrogen (secondary N) is 7. The lowest BCUT2D eigenvalue weighted by molar-refractivity contribution is -0.143. The Balaban J connectivity index is 6.52. The van der Waals surface area contributed by atoms with Crippen molar-refractivity contribution in [2.24, 2.45) is 40.7 Å². The fourth-order valence-electron chi connectivity index (χ4n) is 6.10. The van der Waals surface area contributed by atoms with Crippen LogP contribution in [0.4, 0.5) is 0 Å². The summed E-state index contributed by atoms with van der Waals surface area (Å²) >= 11 is 0. The van der Waals surface area contributed by atoms with Gasteiger partial charge in [0.2, 0.25) is 53.2 Å². The van der Waals surface area contributed by atoms with Gasteiger partial charge in [0.05, 0.1) is 19.4 Å². The van der Waals surface area contributed by atoms with Crippen LogP contribution in [0.3, 0.4) is 0 Å². The first kappa shape index (κ1) is 57.1. The molecule has 0 radical (unpaired) electrons. The molecule has 0 aliphatic rings. The Bertz CT molecular complexity index is 1610. The number of hydrogen-bond donors (Lipinski definition) is 13. The summed E-state index contributed by atoms with van der Waals surface area (Å²) in [6.45, 7) is 10.4. The van der Waals surface area contributed by atoms with E-state index in [0.717, 1.165) is 0 Å². The number of unbranched alkanes of at least 4 members (excludes halogenated alkanes) is 1. The van der Waals surface area contributed by atoms with Crippen LogP contribution in [0.15, 0.2) is 0 Å². The van der Waals surface area contributed by atoms with Crippen LogP contribution in [0, 0.1) is 17.8 Å².